The van der Waals surface area contributed by atoms with E-state index in [-0.39, 0.29) is 11.9 Å². The highest BCUT2D eigenvalue weighted by Crippen LogP contribution is 2.39. The van der Waals surface area contributed by atoms with Gasteiger partial charge >= 0.3 is 0 Å². The number of carbonyl (C=O) groups is 1. The van der Waals surface area contributed by atoms with Crippen LogP contribution in [0.2, 0.25) is 0 Å². The van der Waals surface area contributed by atoms with Gasteiger partial charge in [-0.3, -0.25) is 4.79 Å². The Hall–Kier alpha value is -3.27. The summed E-state index contributed by atoms with van der Waals surface area (Å²) in [5.41, 5.74) is 1.77. The Morgan fingerprint density at radius 1 is 1.27 bits per heavy atom. The van der Waals surface area contributed by atoms with Gasteiger partial charge < -0.3 is 5.32 Å². The minimum absolute atomic E-state index is 0.0928. The predicted molar refractivity (Wildman–Crippen MR) is 113 cm³/mol. The van der Waals surface area contributed by atoms with Crippen LogP contribution in [0.4, 0.5) is 5.82 Å². The molecular formula is C20H20N8OS. The van der Waals surface area contributed by atoms with E-state index in [1.807, 2.05) is 26.0 Å². The Labute approximate surface area is 176 Å². The first-order valence-electron chi connectivity index (χ1n) is 9.91. The summed E-state index contributed by atoms with van der Waals surface area (Å²) in [6.45, 7) is 3.98. The van der Waals surface area contributed by atoms with Crippen molar-refractivity contribution in [1.29, 1.82) is 0 Å². The van der Waals surface area contributed by atoms with Crippen LogP contribution in [-0.4, -0.2) is 41.1 Å². The molecule has 4 aromatic rings. The van der Waals surface area contributed by atoms with E-state index >= 15 is 0 Å². The van der Waals surface area contributed by atoms with Gasteiger partial charge in [0.2, 0.25) is 5.82 Å². The summed E-state index contributed by atoms with van der Waals surface area (Å²) in [7, 11) is 0. The Balaban J connectivity index is 1.38. The van der Waals surface area contributed by atoms with E-state index in [4.69, 9.17) is 0 Å². The third-order valence-corrected chi connectivity index (χ3v) is 6.36. The number of nitrogens with zero attached hydrogens (tertiary/aromatic N) is 7. The Bertz CT molecular complexity index is 1230. The van der Waals surface area contributed by atoms with E-state index < -0.39 is 0 Å². The van der Waals surface area contributed by atoms with Crippen LogP contribution in [0.15, 0.2) is 30.5 Å². The second-order valence-corrected chi connectivity index (χ2v) is 8.68. The topological polar surface area (TPSA) is 111 Å². The average molecular weight is 421 g/mol. The number of rotatable bonds is 5. The minimum atomic E-state index is -0.316. The normalized spacial score (nSPS) is 14.2. The van der Waals surface area contributed by atoms with Crippen LogP contribution < -0.4 is 5.32 Å². The lowest BCUT2D eigenvalue weighted by atomic mass is 9.86. The summed E-state index contributed by atoms with van der Waals surface area (Å²) >= 11 is 1.65. The number of amides is 1. The fourth-order valence-corrected chi connectivity index (χ4v) is 4.47. The van der Waals surface area contributed by atoms with Crippen LogP contribution in [0.1, 0.15) is 60.6 Å². The fraction of sp³-hybridized carbons (Fsp3) is 0.350. The molecule has 1 aliphatic carbocycles. The molecule has 0 saturated heterocycles. The molecule has 0 bridgehead atoms. The third kappa shape index (κ3) is 3.43. The number of thiazole rings is 1. The molecule has 4 heterocycles. The molecule has 0 atom stereocenters. The van der Waals surface area contributed by atoms with Crippen molar-refractivity contribution in [2.45, 2.75) is 45.1 Å². The quantitative estimate of drug-likeness (QED) is 0.522. The highest BCUT2D eigenvalue weighted by molar-refractivity contribution is 7.18. The van der Waals surface area contributed by atoms with Crippen molar-refractivity contribution in [2.24, 2.45) is 0 Å². The Kier molecular flexibility index (Phi) is 4.70. The molecule has 5 rings (SSSR count). The largest absolute Gasteiger partial charge is 0.305 e. The number of hydrogen-bond acceptors (Lipinski definition) is 8. The molecule has 9 nitrogen and oxygen atoms in total. The van der Waals surface area contributed by atoms with Crippen LogP contribution in [0.3, 0.4) is 0 Å². The molecule has 0 unspecified atom stereocenters. The van der Waals surface area contributed by atoms with Crippen molar-refractivity contribution in [3.63, 3.8) is 0 Å². The second-order valence-electron chi connectivity index (χ2n) is 7.62. The van der Waals surface area contributed by atoms with E-state index in [1.54, 1.807) is 34.3 Å². The Morgan fingerprint density at radius 2 is 2.13 bits per heavy atom. The number of anilines is 1. The van der Waals surface area contributed by atoms with Crippen molar-refractivity contribution in [1.82, 2.24) is 35.2 Å². The first-order valence-corrected chi connectivity index (χ1v) is 10.7. The van der Waals surface area contributed by atoms with E-state index in [0.29, 0.717) is 28.9 Å². The van der Waals surface area contributed by atoms with Gasteiger partial charge in [0.15, 0.2) is 0 Å². The van der Waals surface area contributed by atoms with Gasteiger partial charge in [0.05, 0.1) is 27.5 Å². The zero-order valence-corrected chi connectivity index (χ0v) is 17.4. The summed E-state index contributed by atoms with van der Waals surface area (Å²) in [6.07, 6.45) is 5.33. The summed E-state index contributed by atoms with van der Waals surface area (Å²) in [5.74, 6) is 1.21. The molecule has 1 amide bonds. The van der Waals surface area contributed by atoms with Gasteiger partial charge in [0.25, 0.3) is 5.91 Å². The molecule has 4 aromatic heterocycles. The lowest BCUT2D eigenvalue weighted by Gasteiger charge is -2.22. The van der Waals surface area contributed by atoms with Crippen LogP contribution in [0.5, 0.6) is 0 Å². The van der Waals surface area contributed by atoms with Crippen molar-refractivity contribution in [3.8, 4) is 11.5 Å². The van der Waals surface area contributed by atoms with Crippen LogP contribution in [-0.2, 0) is 0 Å². The lowest BCUT2D eigenvalue weighted by Crippen LogP contribution is -2.15. The molecule has 1 N–H and O–H groups in total. The van der Waals surface area contributed by atoms with E-state index in [1.165, 1.54) is 19.3 Å². The second kappa shape index (κ2) is 7.52. The maximum absolute atomic E-state index is 12.8. The number of nitrogens with one attached hydrogen (secondary N) is 1. The predicted octanol–water partition coefficient (Wildman–Crippen LogP) is 3.84. The zero-order valence-electron chi connectivity index (χ0n) is 16.6. The van der Waals surface area contributed by atoms with Gasteiger partial charge in [-0.05, 0) is 55.3 Å². The van der Waals surface area contributed by atoms with Gasteiger partial charge in [0.1, 0.15) is 17.2 Å². The smallest absolute Gasteiger partial charge is 0.275 e. The van der Waals surface area contributed by atoms with Crippen molar-refractivity contribution < 1.29 is 4.79 Å². The number of fused-ring (bicyclic) bond motifs is 1. The summed E-state index contributed by atoms with van der Waals surface area (Å²) in [6, 6.07) is 7.24. The molecular weight excluding hydrogens is 400 g/mol. The van der Waals surface area contributed by atoms with Gasteiger partial charge in [0, 0.05) is 5.92 Å². The molecule has 0 aromatic carbocycles. The van der Waals surface area contributed by atoms with Gasteiger partial charge in [-0.15, -0.1) is 16.4 Å². The maximum Gasteiger partial charge on any atom is 0.275 e. The minimum Gasteiger partial charge on any atom is -0.305 e. The highest BCUT2D eigenvalue weighted by Gasteiger charge is 2.23. The molecule has 152 valence electrons. The summed E-state index contributed by atoms with van der Waals surface area (Å²) in [5, 5.41) is 15.8. The monoisotopic (exact) mass is 420 g/mol. The SMILES string of the molecule is CC(C)n1nnnc1-c1cccc(NC(=O)c2cc3sc(C4CCC4)nc3cn2)n1. The van der Waals surface area contributed by atoms with Crippen molar-refractivity contribution >= 4 is 33.3 Å². The molecule has 1 aliphatic rings. The molecule has 1 saturated carbocycles. The standard InChI is InChI=1S/C20H20N8OS/c1-11(2)28-18(25-26-27-28)13-7-4-8-17(22-13)24-19(29)14-9-16-15(10-21-14)23-20(30-16)12-5-3-6-12/h4,7-12H,3,5-6H2,1-2H3,(H,22,24,29). The number of carbonyl (C=O) groups excluding carboxylic acids is 1. The van der Waals surface area contributed by atoms with Crippen molar-refractivity contribution in [2.75, 3.05) is 5.32 Å². The van der Waals surface area contributed by atoms with E-state index in [9.17, 15) is 4.79 Å². The molecule has 0 aliphatic heterocycles. The van der Waals surface area contributed by atoms with Crippen LogP contribution >= 0.6 is 11.3 Å². The number of hydrogen-bond donors (Lipinski definition) is 1. The van der Waals surface area contributed by atoms with Crippen LogP contribution in [0, 0.1) is 0 Å². The highest BCUT2D eigenvalue weighted by atomic mass is 32.1. The van der Waals surface area contributed by atoms with E-state index in [0.717, 1.165) is 15.2 Å². The first kappa shape index (κ1) is 18.7. The van der Waals surface area contributed by atoms with Gasteiger partial charge in [-0.2, -0.15) is 0 Å². The zero-order chi connectivity index (χ0) is 20.7. The maximum atomic E-state index is 12.8. The number of pyridine rings is 2. The third-order valence-electron chi connectivity index (χ3n) is 5.18. The van der Waals surface area contributed by atoms with Crippen molar-refractivity contribution in [3.05, 3.63) is 41.2 Å². The average Bonchev–Trinajstić information content (AvgIpc) is 3.33. The Morgan fingerprint density at radius 3 is 2.90 bits per heavy atom. The first-order chi connectivity index (χ1) is 14.6. The van der Waals surface area contributed by atoms with Gasteiger partial charge in [-0.1, -0.05) is 12.5 Å². The number of tetrazole rings is 1. The van der Waals surface area contributed by atoms with E-state index in [2.05, 4.69) is 35.8 Å². The number of aromatic nitrogens is 7. The molecule has 0 radical (unpaired) electrons. The fourth-order valence-electron chi connectivity index (χ4n) is 3.32. The molecule has 0 spiro atoms. The summed E-state index contributed by atoms with van der Waals surface area (Å²) in [4.78, 5) is 26.2. The van der Waals surface area contributed by atoms with Gasteiger partial charge in [-0.25, -0.2) is 19.6 Å². The molecule has 30 heavy (non-hydrogen) atoms. The lowest BCUT2D eigenvalue weighted by molar-refractivity contribution is 0.102. The van der Waals surface area contributed by atoms with Crippen LogP contribution in [0.25, 0.3) is 21.7 Å². The summed E-state index contributed by atoms with van der Waals surface area (Å²) < 4.78 is 2.67. The molecule has 1 fully saturated rings. The molecule has 10 heteroatoms.